The first-order chi connectivity index (χ1) is 5.58. The Kier molecular flexibility index (Phi) is 2.70. The van der Waals surface area contributed by atoms with Crippen molar-refractivity contribution < 1.29 is 4.74 Å². The lowest BCUT2D eigenvalue weighted by Crippen LogP contribution is -2.07. The monoisotopic (exact) mass is 187 g/mol. The first kappa shape index (κ1) is 9.06. The Morgan fingerprint density at radius 2 is 2.17 bits per heavy atom. The van der Waals surface area contributed by atoms with Crippen LogP contribution in [0.5, 0.6) is 5.88 Å². The van der Waals surface area contributed by atoms with Crippen LogP contribution in [0.3, 0.4) is 0 Å². The van der Waals surface area contributed by atoms with E-state index < -0.39 is 0 Å². The van der Waals surface area contributed by atoms with Gasteiger partial charge in [0, 0.05) is 6.07 Å². The van der Waals surface area contributed by atoms with Crippen molar-refractivity contribution in [3.63, 3.8) is 0 Å². The van der Waals surface area contributed by atoms with Gasteiger partial charge in [0.05, 0.1) is 6.10 Å². The molecule has 1 aromatic heterocycles. The molecule has 0 amide bonds. The van der Waals surface area contributed by atoms with Crippen LogP contribution in [0.1, 0.15) is 13.8 Å². The van der Waals surface area contributed by atoms with Gasteiger partial charge in [0.25, 0.3) is 0 Å². The average molecular weight is 188 g/mol. The lowest BCUT2D eigenvalue weighted by molar-refractivity contribution is 0.232. The minimum absolute atomic E-state index is 0.0513. The molecular weight excluding hydrogens is 178 g/mol. The number of hydrogen-bond donors (Lipinski definition) is 1. The number of hydrogen-bond acceptors (Lipinski definition) is 4. The zero-order chi connectivity index (χ0) is 9.14. The molecule has 12 heavy (non-hydrogen) atoms. The lowest BCUT2D eigenvalue weighted by atomic mass is 10.5. The molecule has 0 fully saturated rings. The van der Waals surface area contributed by atoms with Gasteiger partial charge in [-0.3, -0.25) is 0 Å². The van der Waals surface area contributed by atoms with Crippen LogP contribution in [0.2, 0.25) is 5.28 Å². The number of nitrogens with zero attached hydrogens (tertiary/aromatic N) is 2. The predicted molar refractivity (Wildman–Crippen MR) is 47.2 cm³/mol. The standard InChI is InChI=1S/C7H10ClN3O/c1-4(2)12-6-3-5(9)10-7(8)11-6/h3-4H,1-2H3,(H2,9,10,11). The first-order valence-electron chi connectivity index (χ1n) is 3.54. The Labute approximate surface area is 75.7 Å². The van der Waals surface area contributed by atoms with Crippen LogP contribution in [0.25, 0.3) is 0 Å². The Morgan fingerprint density at radius 1 is 1.50 bits per heavy atom. The highest BCUT2D eigenvalue weighted by Gasteiger charge is 2.02. The van der Waals surface area contributed by atoms with Gasteiger partial charge in [0.15, 0.2) is 0 Å². The molecule has 0 saturated carbocycles. The number of halogens is 1. The van der Waals surface area contributed by atoms with E-state index in [0.29, 0.717) is 11.7 Å². The van der Waals surface area contributed by atoms with Gasteiger partial charge in [0.2, 0.25) is 11.2 Å². The van der Waals surface area contributed by atoms with Gasteiger partial charge in [-0.2, -0.15) is 4.98 Å². The topological polar surface area (TPSA) is 61.0 Å². The zero-order valence-corrected chi connectivity index (χ0v) is 7.67. The Hall–Kier alpha value is -1.03. The van der Waals surface area contributed by atoms with Gasteiger partial charge in [-0.25, -0.2) is 4.98 Å². The molecule has 0 radical (unpaired) electrons. The third-order valence-corrected chi connectivity index (χ3v) is 1.22. The van der Waals surface area contributed by atoms with E-state index in [0.717, 1.165) is 0 Å². The molecule has 4 nitrogen and oxygen atoms in total. The highest BCUT2D eigenvalue weighted by atomic mass is 35.5. The second-order valence-electron chi connectivity index (χ2n) is 2.57. The second-order valence-corrected chi connectivity index (χ2v) is 2.90. The lowest BCUT2D eigenvalue weighted by Gasteiger charge is -2.08. The third kappa shape index (κ3) is 2.54. The van der Waals surface area contributed by atoms with E-state index in [2.05, 4.69) is 9.97 Å². The van der Waals surface area contributed by atoms with E-state index in [-0.39, 0.29) is 11.4 Å². The highest BCUT2D eigenvalue weighted by molar-refractivity contribution is 6.28. The van der Waals surface area contributed by atoms with Crippen LogP contribution in [-0.2, 0) is 0 Å². The fraction of sp³-hybridized carbons (Fsp3) is 0.429. The van der Waals surface area contributed by atoms with Gasteiger partial charge >= 0.3 is 0 Å². The molecule has 2 N–H and O–H groups in total. The van der Waals surface area contributed by atoms with Crippen molar-refractivity contribution in [2.24, 2.45) is 0 Å². The quantitative estimate of drug-likeness (QED) is 0.713. The normalized spacial score (nSPS) is 10.3. The number of aromatic nitrogens is 2. The van der Waals surface area contributed by atoms with Crippen molar-refractivity contribution in [1.29, 1.82) is 0 Å². The molecular formula is C7H10ClN3O. The maximum atomic E-state index is 5.55. The van der Waals surface area contributed by atoms with Crippen molar-refractivity contribution >= 4 is 17.4 Å². The summed E-state index contributed by atoms with van der Waals surface area (Å²) >= 11 is 5.55. The van der Waals surface area contributed by atoms with Crippen LogP contribution in [0.15, 0.2) is 6.07 Å². The summed E-state index contributed by atoms with van der Waals surface area (Å²) in [5.74, 6) is 0.716. The van der Waals surface area contributed by atoms with Gasteiger partial charge in [0.1, 0.15) is 5.82 Å². The molecule has 0 unspecified atom stereocenters. The largest absolute Gasteiger partial charge is 0.475 e. The number of anilines is 1. The van der Waals surface area contributed by atoms with Crippen LogP contribution in [-0.4, -0.2) is 16.1 Å². The Balaban J connectivity index is 2.85. The molecule has 1 heterocycles. The minimum Gasteiger partial charge on any atom is -0.475 e. The SMILES string of the molecule is CC(C)Oc1cc(N)nc(Cl)n1. The van der Waals surface area contributed by atoms with Crippen molar-refractivity contribution in [3.05, 3.63) is 11.3 Å². The molecule has 0 atom stereocenters. The van der Waals surface area contributed by atoms with Crippen molar-refractivity contribution in [1.82, 2.24) is 9.97 Å². The maximum absolute atomic E-state index is 5.55. The number of nitrogen functional groups attached to an aromatic ring is 1. The molecule has 0 aliphatic heterocycles. The second kappa shape index (κ2) is 3.58. The van der Waals surface area contributed by atoms with Gasteiger partial charge < -0.3 is 10.5 Å². The summed E-state index contributed by atoms with van der Waals surface area (Å²) in [6.45, 7) is 3.79. The van der Waals surface area contributed by atoms with E-state index in [1.54, 1.807) is 0 Å². The maximum Gasteiger partial charge on any atom is 0.227 e. The smallest absolute Gasteiger partial charge is 0.227 e. The summed E-state index contributed by atoms with van der Waals surface area (Å²) in [6, 6.07) is 1.53. The predicted octanol–water partition coefficient (Wildman–Crippen LogP) is 1.50. The Bertz CT molecular complexity index is 257. The van der Waals surface area contributed by atoms with Crippen LogP contribution < -0.4 is 10.5 Å². The van der Waals surface area contributed by atoms with E-state index in [1.807, 2.05) is 13.8 Å². The zero-order valence-electron chi connectivity index (χ0n) is 6.91. The average Bonchev–Trinajstić information content (AvgIpc) is 1.81. The first-order valence-corrected chi connectivity index (χ1v) is 3.92. The minimum atomic E-state index is 0.0513. The van der Waals surface area contributed by atoms with Crippen LogP contribution in [0.4, 0.5) is 5.82 Å². The van der Waals surface area contributed by atoms with Crippen LogP contribution in [0, 0.1) is 0 Å². The molecule has 0 aromatic carbocycles. The van der Waals surface area contributed by atoms with E-state index in [9.17, 15) is 0 Å². The van der Waals surface area contributed by atoms with Gasteiger partial charge in [-0.05, 0) is 25.4 Å². The van der Waals surface area contributed by atoms with Gasteiger partial charge in [-0.1, -0.05) is 0 Å². The molecule has 0 aliphatic carbocycles. The third-order valence-electron chi connectivity index (χ3n) is 1.05. The van der Waals surface area contributed by atoms with Crippen molar-refractivity contribution in [2.45, 2.75) is 20.0 Å². The van der Waals surface area contributed by atoms with E-state index in [1.165, 1.54) is 6.07 Å². The number of nitrogens with two attached hydrogens (primary N) is 1. The number of rotatable bonds is 2. The summed E-state index contributed by atoms with van der Waals surface area (Å²) in [5, 5.41) is 0.102. The summed E-state index contributed by atoms with van der Waals surface area (Å²) in [4.78, 5) is 7.52. The van der Waals surface area contributed by atoms with Crippen LogP contribution >= 0.6 is 11.6 Å². The molecule has 0 saturated heterocycles. The molecule has 0 spiro atoms. The molecule has 1 aromatic rings. The molecule has 5 heteroatoms. The fourth-order valence-corrected chi connectivity index (χ4v) is 0.896. The molecule has 0 bridgehead atoms. The van der Waals surface area contributed by atoms with Crippen molar-refractivity contribution in [3.8, 4) is 5.88 Å². The van der Waals surface area contributed by atoms with Crippen molar-refractivity contribution in [2.75, 3.05) is 5.73 Å². The highest BCUT2D eigenvalue weighted by Crippen LogP contribution is 2.14. The van der Waals surface area contributed by atoms with E-state index >= 15 is 0 Å². The summed E-state index contributed by atoms with van der Waals surface area (Å²) in [6.07, 6.45) is 0.0513. The molecule has 1 rings (SSSR count). The summed E-state index contributed by atoms with van der Waals surface area (Å²) < 4.78 is 5.26. The molecule has 66 valence electrons. The van der Waals surface area contributed by atoms with Gasteiger partial charge in [-0.15, -0.1) is 0 Å². The summed E-state index contributed by atoms with van der Waals surface area (Å²) in [7, 11) is 0. The fourth-order valence-electron chi connectivity index (χ4n) is 0.715. The molecule has 0 aliphatic rings. The van der Waals surface area contributed by atoms with E-state index in [4.69, 9.17) is 22.1 Å². The summed E-state index contributed by atoms with van der Waals surface area (Å²) in [5.41, 5.74) is 5.42. The Morgan fingerprint density at radius 3 is 2.67 bits per heavy atom. The number of ether oxygens (including phenoxy) is 1.